The third-order valence-corrected chi connectivity index (χ3v) is 4.26. The largest absolute Gasteiger partial charge is 0.325 e. The van der Waals surface area contributed by atoms with Crippen LogP contribution in [-0.4, -0.2) is 25.6 Å². The quantitative estimate of drug-likeness (QED) is 0.496. The number of aromatic nitrogens is 2. The minimum Gasteiger partial charge on any atom is -0.325 e. The number of rotatable bonds is 6. The molecular formula is C15H18N4O3S. The number of hydrogen-bond acceptors (Lipinski definition) is 5. The molecule has 1 aromatic carbocycles. The molecule has 2 aromatic rings. The summed E-state index contributed by atoms with van der Waals surface area (Å²) in [7, 11) is 0. The van der Waals surface area contributed by atoms with Gasteiger partial charge < -0.3 is 9.88 Å². The molecule has 1 amide bonds. The lowest BCUT2D eigenvalue weighted by molar-refractivity contribution is -0.384. The Labute approximate surface area is 138 Å². The van der Waals surface area contributed by atoms with Crippen molar-refractivity contribution >= 4 is 29.0 Å². The number of imidazole rings is 1. The minimum atomic E-state index is -0.493. The summed E-state index contributed by atoms with van der Waals surface area (Å²) in [4.78, 5) is 26.8. The van der Waals surface area contributed by atoms with E-state index >= 15 is 0 Å². The molecule has 0 radical (unpaired) electrons. The molecule has 0 bridgehead atoms. The van der Waals surface area contributed by atoms with E-state index < -0.39 is 4.92 Å². The SMILES string of the molecule is CC(Sc1nccn1C(C)C)C(=O)Nc1cccc([N+](=O)[O-])c1. The first kappa shape index (κ1) is 17.0. The van der Waals surface area contributed by atoms with Gasteiger partial charge in [0.05, 0.1) is 10.2 Å². The molecule has 0 aliphatic rings. The molecule has 7 nitrogen and oxygen atoms in total. The van der Waals surface area contributed by atoms with Crippen LogP contribution in [0.25, 0.3) is 0 Å². The van der Waals surface area contributed by atoms with Gasteiger partial charge in [-0.3, -0.25) is 14.9 Å². The molecular weight excluding hydrogens is 316 g/mol. The van der Waals surface area contributed by atoms with Crippen LogP contribution in [0.2, 0.25) is 0 Å². The highest BCUT2D eigenvalue weighted by Crippen LogP contribution is 2.25. The Bertz CT molecular complexity index is 714. The van der Waals surface area contributed by atoms with Crippen LogP contribution in [0, 0.1) is 10.1 Å². The zero-order valence-electron chi connectivity index (χ0n) is 13.1. The fourth-order valence-electron chi connectivity index (χ4n) is 1.94. The van der Waals surface area contributed by atoms with Crippen molar-refractivity contribution in [3.63, 3.8) is 0 Å². The first-order chi connectivity index (χ1) is 10.9. The van der Waals surface area contributed by atoms with Gasteiger partial charge in [0.2, 0.25) is 5.91 Å². The topological polar surface area (TPSA) is 90.1 Å². The number of anilines is 1. The van der Waals surface area contributed by atoms with Gasteiger partial charge in [-0.1, -0.05) is 17.8 Å². The molecule has 0 saturated heterocycles. The van der Waals surface area contributed by atoms with Crippen molar-refractivity contribution in [1.82, 2.24) is 9.55 Å². The molecule has 0 spiro atoms. The van der Waals surface area contributed by atoms with E-state index in [9.17, 15) is 14.9 Å². The molecule has 23 heavy (non-hydrogen) atoms. The smallest absolute Gasteiger partial charge is 0.271 e. The van der Waals surface area contributed by atoms with E-state index in [1.54, 1.807) is 19.2 Å². The Hall–Kier alpha value is -2.35. The second-order valence-electron chi connectivity index (χ2n) is 5.27. The Morgan fingerprint density at radius 2 is 2.13 bits per heavy atom. The second-order valence-corrected chi connectivity index (χ2v) is 6.58. The summed E-state index contributed by atoms with van der Waals surface area (Å²) in [5.74, 6) is -0.228. The molecule has 122 valence electrons. The average molecular weight is 334 g/mol. The normalized spacial score (nSPS) is 12.2. The molecule has 0 aliphatic heterocycles. The Morgan fingerprint density at radius 3 is 2.78 bits per heavy atom. The number of nitro benzene ring substituents is 1. The van der Waals surface area contributed by atoms with Crippen LogP contribution in [0.5, 0.6) is 0 Å². The van der Waals surface area contributed by atoms with Gasteiger partial charge in [-0.15, -0.1) is 0 Å². The van der Waals surface area contributed by atoms with Gasteiger partial charge in [0.15, 0.2) is 5.16 Å². The van der Waals surface area contributed by atoms with Crippen LogP contribution in [0.15, 0.2) is 41.8 Å². The number of thioether (sulfide) groups is 1. The van der Waals surface area contributed by atoms with Crippen molar-refractivity contribution in [2.45, 2.75) is 37.2 Å². The van der Waals surface area contributed by atoms with E-state index in [4.69, 9.17) is 0 Å². The van der Waals surface area contributed by atoms with Crippen molar-refractivity contribution in [2.75, 3.05) is 5.32 Å². The third kappa shape index (κ3) is 4.32. The van der Waals surface area contributed by atoms with Gasteiger partial charge >= 0.3 is 0 Å². The fraction of sp³-hybridized carbons (Fsp3) is 0.333. The molecule has 1 aromatic heterocycles. The predicted molar refractivity (Wildman–Crippen MR) is 89.7 cm³/mol. The lowest BCUT2D eigenvalue weighted by Gasteiger charge is -2.14. The maximum Gasteiger partial charge on any atom is 0.271 e. The minimum absolute atomic E-state index is 0.0570. The highest BCUT2D eigenvalue weighted by molar-refractivity contribution is 8.00. The van der Waals surface area contributed by atoms with Crippen molar-refractivity contribution in [3.05, 3.63) is 46.8 Å². The van der Waals surface area contributed by atoms with Gasteiger partial charge in [0.25, 0.3) is 5.69 Å². The first-order valence-corrected chi connectivity index (χ1v) is 8.01. The number of carbonyl (C=O) groups excluding carboxylic acids is 1. The molecule has 1 heterocycles. The third-order valence-electron chi connectivity index (χ3n) is 3.17. The van der Waals surface area contributed by atoms with Gasteiger partial charge in [0, 0.05) is 36.3 Å². The number of benzene rings is 1. The predicted octanol–water partition coefficient (Wildman–Crippen LogP) is 3.49. The standard InChI is InChI=1S/C15H18N4O3S/c1-10(2)18-8-7-16-15(18)23-11(3)14(20)17-12-5-4-6-13(9-12)19(21)22/h4-11H,1-3H3,(H,17,20). The van der Waals surface area contributed by atoms with Crippen LogP contribution < -0.4 is 5.32 Å². The van der Waals surface area contributed by atoms with Gasteiger partial charge in [-0.2, -0.15) is 0 Å². The summed E-state index contributed by atoms with van der Waals surface area (Å²) in [6.07, 6.45) is 3.58. The number of nitro groups is 1. The van der Waals surface area contributed by atoms with Crippen molar-refractivity contribution in [2.24, 2.45) is 0 Å². The maximum atomic E-state index is 12.3. The van der Waals surface area contributed by atoms with Gasteiger partial charge in [-0.25, -0.2) is 4.98 Å². The summed E-state index contributed by atoms with van der Waals surface area (Å²) in [5.41, 5.74) is 0.349. The number of carbonyl (C=O) groups is 1. The van der Waals surface area contributed by atoms with Gasteiger partial charge in [-0.05, 0) is 26.8 Å². The molecule has 1 N–H and O–H groups in total. The number of amides is 1. The lowest BCUT2D eigenvalue weighted by Crippen LogP contribution is -2.23. The molecule has 0 fully saturated rings. The first-order valence-electron chi connectivity index (χ1n) is 7.13. The number of nitrogens with one attached hydrogen (secondary N) is 1. The second kappa shape index (κ2) is 7.28. The maximum absolute atomic E-state index is 12.3. The Kier molecular flexibility index (Phi) is 5.38. The lowest BCUT2D eigenvalue weighted by atomic mass is 10.2. The number of nitrogens with zero attached hydrogens (tertiary/aromatic N) is 3. The molecule has 0 saturated carbocycles. The average Bonchev–Trinajstić information content (AvgIpc) is 2.95. The zero-order valence-corrected chi connectivity index (χ0v) is 13.9. The van der Waals surface area contributed by atoms with E-state index in [1.165, 1.54) is 30.0 Å². The molecule has 1 atom stereocenters. The van der Waals surface area contributed by atoms with Gasteiger partial charge in [0.1, 0.15) is 0 Å². The highest BCUT2D eigenvalue weighted by Gasteiger charge is 2.18. The summed E-state index contributed by atoms with van der Waals surface area (Å²) in [6.45, 7) is 5.86. The Balaban J connectivity index is 2.04. The van der Waals surface area contributed by atoms with Crippen LogP contribution >= 0.6 is 11.8 Å². The summed E-state index contributed by atoms with van der Waals surface area (Å²) < 4.78 is 1.99. The number of non-ortho nitro benzene ring substituents is 1. The molecule has 8 heteroatoms. The van der Waals surface area contributed by atoms with E-state index in [0.29, 0.717) is 5.69 Å². The van der Waals surface area contributed by atoms with Crippen LogP contribution in [0.3, 0.4) is 0 Å². The zero-order chi connectivity index (χ0) is 17.0. The number of hydrogen-bond donors (Lipinski definition) is 1. The molecule has 0 aliphatic carbocycles. The van der Waals surface area contributed by atoms with E-state index in [2.05, 4.69) is 10.3 Å². The van der Waals surface area contributed by atoms with E-state index in [-0.39, 0.29) is 22.9 Å². The van der Waals surface area contributed by atoms with E-state index in [0.717, 1.165) is 5.16 Å². The summed E-state index contributed by atoms with van der Waals surface area (Å²) in [5, 5.41) is 13.8. The molecule has 1 unspecified atom stereocenters. The Morgan fingerprint density at radius 1 is 1.39 bits per heavy atom. The molecule has 2 rings (SSSR count). The van der Waals surface area contributed by atoms with Crippen LogP contribution in [0.4, 0.5) is 11.4 Å². The van der Waals surface area contributed by atoms with Crippen molar-refractivity contribution < 1.29 is 9.72 Å². The van der Waals surface area contributed by atoms with Crippen LogP contribution in [-0.2, 0) is 4.79 Å². The fourth-order valence-corrected chi connectivity index (χ4v) is 2.93. The van der Waals surface area contributed by atoms with E-state index in [1.807, 2.05) is 24.6 Å². The summed E-state index contributed by atoms with van der Waals surface area (Å²) >= 11 is 1.35. The summed E-state index contributed by atoms with van der Waals surface area (Å²) in [6, 6.07) is 6.14. The van der Waals surface area contributed by atoms with Crippen LogP contribution in [0.1, 0.15) is 26.8 Å². The van der Waals surface area contributed by atoms with Crippen molar-refractivity contribution in [3.8, 4) is 0 Å². The monoisotopic (exact) mass is 334 g/mol. The van der Waals surface area contributed by atoms with Crippen molar-refractivity contribution in [1.29, 1.82) is 0 Å². The highest BCUT2D eigenvalue weighted by atomic mass is 32.2.